The zero-order valence-corrected chi connectivity index (χ0v) is 11.3. The summed E-state index contributed by atoms with van der Waals surface area (Å²) in [6.07, 6.45) is 2.32. The van der Waals surface area contributed by atoms with Crippen molar-refractivity contribution in [2.24, 2.45) is 0 Å². The van der Waals surface area contributed by atoms with Crippen LogP contribution in [-0.2, 0) is 0 Å². The van der Waals surface area contributed by atoms with Crippen molar-refractivity contribution in [3.05, 3.63) is 33.8 Å². The predicted octanol–water partition coefficient (Wildman–Crippen LogP) is 3.38. The molecule has 0 aromatic heterocycles. The summed E-state index contributed by atoms with van der Waals surface area (Å²) in [4.78, 5) is 14.2. The third kappa shape index (κ3) is 2.46. The number of hydrogen-bond donors (Lipinski definition) is 0. The Labute approximate surface area is 105 Å². The molecule has 0 heterocycles. The van der Waals surface area contributed by atoms with Crippen molar-refractivity contribution in [2.75, 3.05) is 6.54 Å². The summed E-state index contributed by atoms with van der Waals surface area (Å²) in [5.41, 5.74) is 1.91. The summed E-state index contributed by atoms with van der Waals surface area (Å²) in [6.45, 7) is 4.85. The first kappa shape index (κ1) is 11.6. The van der Waals surface area contributed by atoms with Crippen molar-refractivity contribution in [1.29, 1.82) is 0 Å². The highest BCUT2D eigenvalue weighted by Gasteiger charge is 2.31. The Hall–Kier alpha value is -0.830. The smallest absolute Gasteiger partial charge is 0.254 e. The Morgan fingerprint density at radius 1 is 1.44 bits per heavy atom. The molecule has 0 radical (unpaired) electrons. The van der Waals surface area contributed by atoms with E-state index in [-0.39, 0.29) is 5.91 Å². The molecule has 16 heavy (non-hydrogen) atoms. The molecule has 1 saturated carbocycles. The number of hydrogen-bond acceptors (Lipinski definition) is 1. The van der Waals surface area contributed by atoms with E-state index in [1.807, 2.05) is 36.9 Å². The van der Waals surface area contributed by atoms with E-state index in [0.29, 0.717) is 6.04 Å². The molecule has 0 N–H and O–H groups in total. The summed E-state index contributed by atoms with van der Waals surface area (Å²) in [7, 11) is 0. The molecule has 1 aromatic rings. The van der Waals surface area contributed by atoms with Gasteiger partial charge in [0, 0.05) is 22.6 Å². The molecule has 0 aliphatic heterocycles. The van der Waals surface area contributed by atoms with Crippen LogP contribution in [0.15, 0.2) is 22.7 Å². The fraction of sp³-hybridized carbons (Fsp3) is 0.462. The second-order valence-corrected chi connectivity index (χ2v) is 5.26. The molecule has 2 rings (SSSR count). The largest absolute Gasteiger partial charge is 0.336 e. The van der Waals surface area contributed by atoms with Crippen LogP contribution in [0.1, 0.15) is 35.7 Å². The van der Waals surface area contributed by atoms with Crippen LogP contribution in [0, 0.1) is 6.92 Å². The van der Waals surface area contributed by atoms with Gasteiger partial charge in [0.1, 0.15) is 0 Å². The van der Waals surface area contributed by atoms with E-state index in [1.54, 1.807) is 0 Å². The standard InChI is InChI=1S/C13H16BrNO/c1-3-15(12-4-5-12)13(16)10-6-9(2)7-11(14)8-10/h6-8,12H,3-5H2,1-2H3. The molecule has 1 fully saturated rings. The highest BCUT2D eigenvalue weighted by atomic mass is 79.9. The summed E-state index contributed by atoms with van der Waals surface area (Å²) >= 11 is 3.43. The second-order valence-electron chi connectivity index (χ2n) is 4.34. The van der Waals surface area contributed by atoms with E-state index in [2.05, 4.69) is 15.9 Å². The van der Waals surface area contributed by atoms with Gasteiger partial charge in [-0.3, -0.25) is 4.79 Å². The lowest BCUT2D eigenvalue weighted by atomic mass is 10.1. The summed E-state index contributed by atoms with van der Waals surface area (Å²) in [5, 5.41) is 0. The van der Waals surface area contributed by atoms with Crippen molar-refractivity contribution in [3.8, 4) is 0 Å². The summed E-state index contributed by atoms with van der Waals surface area (Å²) < 4.78 is 0.975. The van der Waals surface area contributed by atoms with Crippen molar-refractivity contribution in [2.45, 2.75) is 32.7 Å². The first-order chi connectivity index (χ1) is 7.61. The number of benzene rings is 1. The van der Waals surface area contributed by atoms with Crippen LogP contribution >= 0.6 is 15.9 Å². The van der Waals surface area contributed by atoms with E-state index in [9.17, 15) is 4.79 Å². The number of carbonyl (C=O) groups is 1. The molecule has 1 aliphatic rings. The first-order valence-electron chi connectivity index (χ1n) is 5.70. The van der Waals surface area contributed by atoms with Gasteiger partial charge < -0.3 is 4.90 Å². The quantitative estimate of drug-likeness (QED) is 0.832. The predicted molar refractivity (Wildman–Crippen MR) is 68.6 cm³/mol. The van der Waals surface area contributed by atoms with E-state index >= 15 is 0 Å². The third-order valence-electron chi connectivity index (χ3n) is 2.88. The maximum absolute atomic E-state index is 12.3. The normalized spacial score (nSPS) is 14.9. The number of halogens is 1. The van der Waals surface area contributed by atoms with Crippen LogP contribution in [0.5, 0.6) is 0 Å². The van der Waals surface area contributed by atoms with E-state index in [4.69, 9.17) is 0 Å². The van der Waals surface area contributed by atoms with Gasteiger partial charge >= 0.3 is 0 Å². The van der Waals surface area contributed by atoms with Gasteiger partial charge in [0.05, 0.1) is 0 Å². The highest BCUT2D eigenvalue weighted by Crippen LogP contribution is 2.28. The minimum absolute atomic E-state index is 0.161. The Bertz CT molecular complexity index is 392. The molecular formula is C13H16BrNO. The second kappa shape index (κ2) is 4.58. The molecule has 0 saturated heterocycles. The van der Waals surface area contributed by atoms with Crippen LogP contribution < -0.4 is 0 Å². The Morgan fingerprint density at radius 3 is 2.62 bits per heavy atom. The van der Waals surface area contributed by atoms with Gasteiger partial charge in [0.25, 0.3) is 5.91 Å². The number of rotatable bonds is 3. The van der Waals surface area contributed by atoms with Gasteiger partial charge in [0.2, 0.25) is 0 Å². The molecule has 86 valence electrons. The Kier molecular flexibility index (Phi) is 3.33. The minimum atomic E-state index is 0.161. The minimum Gasteiger partial charge on any atom is -0.336 e. The summed E-state index contributed by atoms with van der Waals surface area (Å²) in [5.74, 6) is 0.161. The van der Waals surface area contributed by atoms with Gasteiger partial charge in [0.15, 0.2) is 0 Å². The fourth-order valence-corrected chi connectivity index (χ4v) is 2.59. The molecule has 0 bridgehead atoms. The maximum atomic E-state index is 12.3. The lowest BCUT2D eigenvalue weighted by Crippen LogP contribution is -2.32. The molecule has 0 unspecified atom stereocenters. The van der Waals surface area contributed by atoms with Gasteiger partial charge in [-0.25, -0.2) is 0 Å². The maximum Gasteiger partial charge on any atom is 0.254 e. The van der Waals surface area contributed by atoms with Gasteiger partial charge in [-0.05, 0) is 50.5 Å². The average molecular weight is 282 g/mol. The zero-order valence-electron chi connectivity index (χ0n) is 9.66. The molecule has 3 heteroatoms. The number of carbonyl (C=O) groups excluding carboxylic acids is 1. The number of nitrogens with zero attached hydrogens (tertiary/aromatic N) is 1. The molecule has 1 amide bonds. The van der Waals surface area contributed by atoms with Crippen molar-refractivity contribution in [1.82, 2.24) is 4.90 Å². The number of aryl methyl sites for hydroxylation is 1. The molecule has 0 atom stereocenters. The monoisotopic (exact) mass is 281 g/mol. The molecule has 1 aliphatic carbocycles. The van der Waals surface area contributed by atoms with Gasteiger partial charge in [-0.2, -0.15) is 0 Å². The number of amides is 1. The molecule has 1 aromatic carbocycles. The molecule has 2 nitrogen and oxygen atoms in total. The van der Waals surface area contributed by atoms with Crippen LogP contribution in [-0.4, -0.2) is 23.4 Å². The Balaban J connectivity index is 2.24. The molecule has 0 spiro atoms. The average Bonchev–Trinajstić information content (AvgIpc) is 3.01. The van der Waals surface area contributed by atoms with Crippen LogP contribution in [0.4, 0.5) is 0 Å². The third-order valence-corrected chi connectivity index (χ3v) is 3.34. The van der Waals surface area contributed by atoms with Crippen molar-refractivity contribution >= 4 is 21.8 Å². The fourth-order valence-electron chi connectivity index (χ4n) is 1.98. The first-order valence-corrected chi connectivity index (χ1v) is 6.49. The van der Waals surface area contributed by atoms with E-state index < -0.39 is 0 Å². The lowest BCUT2D eigenvalue weighted by Gasteiger charge is -2.20. The van der Waals surface area contributed by atoms with E-state index in [0.717, 1.165) is 35.0 Å². The Morgan fingerprint density at radius 2 is 2.12 bits per heavy atom. The van der Waals surface area contributed by atoms with Crippen molar-refractivity contribution in [3.63, 3.8) is 0 Å². The van der Waals surface area contributed by atoms with E-state index in [1.165, 1.54) is 0 Å². The van der Waals surface area contributed by atoms with Crippen LogP contribution in [0.2, 0.25) is 0 Å². The zero-order chi connectivity index (χ0) is 11.7. The van der Waals surface area contributed by atoms with Crippen LogP contribution in [0.25, 0.3) is 0 Å². The highest BCUT2D eigenvalue weighted by molar-refractivity contribution is 9.10. The van der Waals surface area contributed by atoms with Crippen molar-refractivity contribution < 1.29 is 4.79 Å². The SMILES string of the molecule is CCN(C(=O)c1cc(C)cc(Br)c1)C1CC1. The summed E-state index contributed by atoms with van der Waals surface area (Å²) in [6, 6.07) is 6.36. The van der Waals surface area contributed by atoms with Gasteiger partial charge in [-0.15, -0.1) is 0 Å². The van der Waals surface area contributed by atoms with Crippen LogP contribution in [0.3, 0.4) is 0 Å². The topological polar surface area (TPSA) is 20.3 Å². The lowest BCUT2D eigenvalue weighted by molar-refractivity contribution is 0.0752. The molecular weight excluding hydrogens is 266 g/mol. The van der Waals surface area contributed by atoms with Gasteiger partial charge in [-0.1, -0.05) is 15.9 Å².